The van der Waals surface area contributed by atoms with E-state index in [1.807, 2.05) is 18.3 Å². The van der Waals surface area contributed by atoms with E-state index in [9.17, 15) is 0 Å². The highest BCUT2D eigenvalue weighted by Crippen LogP contribution is 2.58. The molecule has 31 heavy (non-hydrogen) atoms. The average molecular weight is 402 g/mol. The Labute approximate surface area is 181 Å². The van der Waals surface area contributed by atoms with Crippen LogP contribution in [0, 0.1) is 6.92 Å². The van der Waals surface area contributed by atoms with E-state index in [0.717, 1.165) is 22.4 Å². The van der Waals surface area contributed by atoms with Gasteiger partial charge in [-0.2, -0.15) is 0 Å². The Morgan fingerprint density at radius 2 is 1.65 bits per heavy atom. The van der Waals surface area contributed by atoms with Crippen molar-refractivity contribution >= 4 is 21.9 Å². The Bertz CT molecular complexity index is 1490. The molecule has 0 atom stereocenters. The fourth-order valence-electron chi connectivity index (χ4n) is 6.23. The van der Waals surface area contributed by atoms with Crippen molar-refractivity contribution in [2.45, 2.75) is 38.0 Å². The lowest BCUT2D eigenvalue weighted by molar-refractivity contribution is 0.550. The molecular formula is C29H23NO. The van der Waals surface area contributed by atoms with Gasteiger partial charge in [0.1, 0.15) is 11.2 Å². The molecule has 2 heteroatoms. The van der Waals surface area contributed by atoms with Gasteiger partial charge in [0.15, 0.2) is 0 Å². The second-order valence-electron chi connectivity index (χ2n) is 9.18. The van der Waals surface area contributed by atoms with Crippen LogP contribution in [0.3, 0.4) is 0 Å². The van der Waals surface area contributed by atoms with Crippen LogP contribution >= 0.6 is 0 Å². The molecule has 0 N–H and O–H groups in total. The van der Waals surface area contributed by atoms with Crippen molar-refractivity contribution in [2.75, 3.05) is 0 Å². The van der Waals surface area contributed by atoms with Gasteiger partial charge >= 0.3 is 0 Å². The number of benzene rings is 3. The molecule has 2 aliphatic carbocycles. The minimum Gasteiger partial charge on any atom is -0.455 e. The molecular weight excluding hydrogens is 378 g/mol. The molecule has 0 unspecified atom stereocenters. The topological polar surface area (TPSA) is 26.0 Å². The number of aromatic nitrogens is 1. The largest absolute Gasteiger partial charge is 0.455 e. The maximum atomic E-state index is 6.57. The lowest BCUT2D eigenvalue weighted by Gasteiger charge is -2.26. The Morgan fingerprint density at radius 3 is 2.48 bits per heavy atom. The van der Waals surface area contributed by atoms with E-state index in [0.29, 0.717) is 0 Å². The quantitative estimate of drug-likeness (QED) is 0.286. The van der Waals surface area contributed by atoms with Crippen molar-refractivity contribution in [3.8, 4) is 22.4 Å². The first kappa shape index (κ1) is 17.3. The summed E-state index contributed by atoms with van der Waals surface area (Å²) in [5.74, 6) is 0. The summed E-state index contributed by atoms with van der Waals surface area (Å²) >= 11 is 0. The maximum Gasteiger partial charge on any atom is 0.145 e. The molecule has 1 spiro atoms. The molecule has 0 bridgehead atoms. The zero-order valence-corrected chi connectivity index (χ0v) is 17.6. The first-order chi connectivity index (χ1) is 15.3. The molecule has 7 rings (SSSR count). The predicted molar refractivity (Wildman–Crippen MR) is 126 cm³/mol. The van der Waals surface area contributed by atoms with E-state index in [4.69, 9.17) is 4.42 Å². The summed E-state index contributed by atoms with van der Waals surface area (Å²) in [5, 5.41) is 2.41. The SMILES string of the molecule is Cc1ccc2c(oc3cc4c(cc32)C2(CCCC2)c2ccccc2-4)c1-c1ccccn1. The van der Waals surface area contributed by atoms with Crippen molar-refractivity contribution < 1.29 is 4.42 Å². The van der Waals surface area contributed by atoms with Crippen LogP contribution in [0.1, 0.15) is 42.4 Å². The zero-order chi connectivity index (χ0) is 20.6. The van der Waals surface area contributed by atoms with E-state index >= 15 is 0 Å². The summed E-state index contributed by atoms with van der Waals surface area (Å²) in [5.41, 5.74) is 11.1. The highest BCUT2D eigenvalue weighted by molar-refractivity contribution is 6.11. The summed E-state index contributed by atoms with van der Waals surface area (Å²) in [7, 11) is 0. The van der Waals surface area contributed by atoms with Gasteiger partial charge in [0.25, 0.3) is 0 Å². The molecule has 0 saturated heterocycles. The highest BCUT2D eigenvalue weighted by atomic mass is 16.3. The third-order valence-electron chi connectivity index (χ3n) is 7.61. The van der Waals surface area contributed by atoms with E-state index in [1.165, 1.54) is 64.3 Å². The number of fused-ring (bicyclic) bond motifs is 8. The van der Waals surface area contributed by atoms with Crippen molar-refractivity contribution in [1.82, 2.24) is 4.98 Å². The Morgan fingerprint density at radius 1 is 0.806 bits per heavy atom. The van der Waals surface area contributed by atoms with Gasteiger partial charge in [0, 0.05) is 27.9 Å². The number of pyridine rings is 1. The van der Waals surface area contributed by atoms with Crippen LogP contribution in [0.4, 0.5) is 0 Å². The molecule has 0 radical (unpaired) electrons. The Kier molecular flexibility index (Phi) is 3.39. The molecule has 0 aliphatic heterocycles. The molecule has 2 aliphatic rings. The van der Waals surface area contributed by atoms with Crippen LogP contribution in [-0.4, -0.2) is 4.98 Å². The Hall–Kier alpha value is -3.39. The molecule has 2 nitrogen and oxygen atoms in total. The van der Waals surface area contributed by atoms with Crippen molar-refractivity contribution in [2.24, 2.45) is 0 Å². The molecule has 1 fully saturated rings. The van der Waals surface area contributed by atoms with Crippen molar-refractivity contribution in [1.29, 1.82) is 0 Å². The zero-order valence-electron chi connectivity index (χ0n) is 17.6. The number of rotatable bonds is 1. The van der Waals surface area contributed by atoms with Gasteiger partial charge in [0.2, 0.25) is 0 Å². The number of nitrogens with zero attached hydrogens (tertiary/aromatic N) is 1. The van der Waals surface area contributed by atoms with Gasteiger partial charge in [-0.05, 0) is 71.8 Å². The van der Waals surface area contributed by atoms with E-state index in [2.05, 4.69) is 66.5 Å². The summed E-state index contributed by atoms with van der Waals surface area (Å²) in [4.78, 5) is 4.62. The third kappa shape index (κ3) is 2.20. The summed E-state index contributed by atoms with van der Waals surface area (Å²) in [6.07, 6.45) is 6.96. The monoisotopic (exact) mass is 401 g/mol. The van der Waals surface area contributed by atoms with Crippen LogP contribution in [0.5, 0.6) is 0 Å². The second-order valence-corrected chi connectivity index (χ2v) is 9.18. The van der Waals surface area contributed by atoms with Crippen molar-refractivity contribution in [3.05, 3.63) is 89.6 Å². The van der Waals surface area contributed by atoms with Gasteiger partial charge in [-0.25, -0.2) is 0 Å². The normalized spacial score (nSPS) is 16.3. The van der Waals surface area contributed by atoms with Crippen LogP contribution in [-0.2, 0) is 5.41 Å². The van der Waals surface area contributed by atoms with Crippen LogP contribution in [0.25, 0.3) is 44.3 Å². The van der Waals surface area contributed by atoms with Gasteiger partial charge < -0.3 is 4.42 Å². The fraction of sp³-hybridized carbons (Fsp3) is 0.207. The molecule has 2 heterocycles. The lowest BCUT2D eigenvalue weighted by Crippen LogP contribution is -2.20. The predicted octanol–water partition coefficient (Wildman–Crippen LogP) is 7.80. The van der Waals surface area contributed by atoms with Crippen LogP contribution in [0.2, 0.25) is 0 Å². The smallest absolute Gasteiger partial charge is 0.145 e. The van der Waals surface area contributed by atoms with Gasteiger partial charge in [-0.3, -0.25) is 4.98 Å². The number of hydrogen-bond donors (Lipinski definition) is 0. The lowest BCUT2D eigenvalue weighted by atomic mass is 9.76. The van der Waals surface area contributed by atoms with Gasteiger partial charge in [-0.15, -0.1) is 0 Å². The summed E-state index contributed by atoms with van der Waals surface area (Å²) in [6.45, 7) is 2.14. The Balaban J connectivity index is 1.57. The van der Waals surface area contributed by atoms with Crippen molar-refractivity contribution in [3.63, 3.8) is 0 Å². The summed E-state index contributed by atoms with van der Waals surface area (Å²) < 4.78 is 6.57. The molecule has 150 valence electrons. The first-order valence-corrected chi connectivity index (χ1v) is 11.3. The van der Waals surface area contributed by atoms with E-state index < -0.39 is 0 Å². The number of aryl methyl sites for hydroxylation is 1. The maximum absolute atomic E-state index is 6.57. The van der Waals surface area contributed by atoms with Gasteiger partial charge in [0.05, 0.1) is 5.69 Å². The standard InChI is InChI=1S/C29H23NO/c1-18-11-12-20-22-16-24-21(19-8-2-3-9-23(19)29(24)13-5-6-14-29)17-26(22)31-28(20)27(18)25-10-4-7-15-30-25/h2-4,7-12,15-17H,5-6,13-14H2,1H3. The minimum absolute atomic E-state index is 0.179. The van der Waals surface area contributed by atoms with E-state index in [-0.39, 0.29) is 5.41 Å². The fourth-order valence-corrected chi connectivity index (χ4v) is 6.23. The molecule has 5 aromatic rings. The van der Waals surface area contributed by atoms with Crippen LogP contribution in [0.15, 0.2) is 77.3 Å². The first-order valence-electron chi connectivity index (χ1n) is 11.3. The summed E-state index contributed by atoms with van der Waals surface area (Å²) in [6, 6.07) is 24.2. The van der Waals surface area contributed by atoms with E-state index in [1.54, 1.807) is 0 Å². The molecule has 1 saturated carbocycles. The molecule has 2 aromatic heterocycles. The van der Waals surface area contributed by atoms with Crippen LogP contribution < -0.4 is 0 Å². The number of hydrogen-bond acceptors (Lipinski definition) is 2. The molecule has 0 amide bonds. The minimum atomic E-state index is 0.179. The average Bonchev–Trinajstić information content (AvgIpc) is 3.50. The third-order valence-corrected chi connectivity index (χ3v) is 7.61. The number of furan rings is 1. The van der Waals surface area contributed by atoms with Gasteiger partial charge in [-0.1, -0.05) is 55.3 Å². The highest BCUT2D eigenvalue weighted by Gasteiger charge is 2.45. The molecule has 3 aromatic carbocycles. The second kappa shape index (κ2) is 6.07.